The van der Waals surface area contributed by atoms with Gasteiger partial charge in [0.1, 0.15) is 5.82 Å². The van der Waals surface area contributed by atoms with Crippen molar-refractivity contribution in [3.63, 3.8) is 0 Å². The molecule has 0 aliphatic carbocycles. The Hall–Kier alpha value is -1.81. The van der Waals surface area contributed by atoms with Crippen LogP contribution in [0.3, 0.4) is 0 Å². The van der Waals surface area contributed by atoms with E-state index in [1.807, 2.05) is 44.2 Å². The Kier molecular flexibility index (Phi) is 5.61. The predicted octanol–water partition coefficient (Wildman–Crippen LogP) is 4.27. The summed E-state index contributed by atoms with van der Waals surface area (Å²) in [6, 6.07) is 14.4. The van der Waals surface area contributed by atoms with Crippen LogP contribution in [0.1, 0.15) is 18.1 Å². The Labute approximate surface area is 135 Å². The number of halogens is 1. The fourth-order valence-corrected chi connectivity index (χ4v) is 3.30. The van der Waals surface area contributed by atoms with E-state index in [1.54, 1.807) is 29.8 Å². The molecule has 0 saturated carbocycles. The van der Waals surface area contributed by atoms with Crippen LogP contribution in [-0.4, -0.2) is 23.1 Å². The third-order valence-corrected chi connectivity index (χ3v) is 4.70. The molecule has 0 aromatic heterocycles. The molecular weight excluding hydrogens is 297 g/mol. The molecule has 1 unspecified atom stereocenters. The molecule has 0 fully saturated rings. The molecule has 0 N–H and O–H groups in total. The Morgan fingerprint density at radius 3 is 2.64 bits per heavy atom. The first-order valence-corrected chi connectivity index (χ1v) is 8.07. The van der Waals surface area contributed by atoms with Crippen LogP contribution in [0.25, 0.3) is 0 Å². The Bertz CT molecular complexity index is 659. The van der Waals surface area contributed by atoms with E-state index in [2.05, 4.69) is 0 Å². The van der Waals surface area contributed by atoms with Crippen molar-refractivity contribution < 1.29 is 9.18 Å². The summed E-state index contributed by atoms with van der Waals surface area (Å²) in [5, 5.41) is -0.181. The smallest absolute Gasteiger partial charge is 0.235 e. The highest BCUT2D eigenvalue weighted by Gasteiger charge is 2.19. The number of thioether (sulfide) groups is 1. The molecule has 2 rings (SSSR count). The van der Waals surface area contributed by atoms with Gasteiger partial charge in [-0.05, 0) is 43.2 Å². The van der Waals surface area contributed by atoms with Gasteiger partial charge in [0.05, 0.1) is 5.25 Å². The fourth-order valence-electron chi connectivity index (χ4n) is 2.23. The van der Waals surface area contributed by atoms with Gasteiger partial charge in [-0.25, -0.2) is 4.39 Å². The van der Waals surface area contributed by atoms with Crippen LogP contribution in [0.4, 0.5) is 4.39 Å². The molecule has 0 radical (unpaired) electrons. The standard InChI is InChI=1S/C18H20FNOS/c1-13-7-4-5-10-17(13)22-14(2)18(21)20(3)12-15-8-6-9-16(19)11-15/h4-11,14H,12H2,1-3H3. The Morgan fingerprint density at radius 1 is 1.23 bits per heavy atom. The molecule has 4 heteroatoms. The van der Waals surface area contributed by atoms with Gasteiger partial charge in [0.2, 0.25) is 5.91 Å². The maximum atomic E-state index is 13.2. The third kappa shape index (κ3) is 4.34. The van der Waals surface area contributed by atoms with Gasteiger partial charge in [-0.1, -0.05) is 30.3 Å². The van der Waals surface area contributed by atoms with E-state index in [-0.39, 0.29) is 17.0 Å². The summed E-state index contributed by atoms with van der Waals surface area (Å²) < 4.78 is 13.2. The number of carbonyl (C=O) groups excluding carboxylic acids is 1. The minimum Gasteiger partial charge on any atom is -0.340 e. The van der Waals surface area contributed by atoms with Gasteiger partial charge in [0.15, 0.2) is 0 Å². The average Bonchev–Trinajstić information content (AvgIpc) is 2.48. The van der Waals surface area contributed by atoms with Crippen LogP contribution < -0.4 is 0 Å². The zero-order valence-corrected chi connectivity index (χ0v) is 13.9. The number of aryl methyl sites for hydroxylation is 1. The molecule has 0 bridgehead atoms. The van der Waals surface area contributed by atoms with Crippen LogP contribution in [0.15, 0.2) is 53.4 Å². The molecule has 22 heavy (non-hydrogen) atoms. The Balaban J connectivity index is 1.99. The largest absolute Gasteiger partial charge is 0.340 e. The van der Waals surface area contributed by atoms with E-state index >= 15 is 0 Å². The lowest BCUT2D eigenvalue weighted by atomic mass is 10.2. The first-order valence-electron chi connectivity index (χ1n) is 7.19. The summed E-state index contributed by atoms with van der Waals surface area (Å²) in [6.45, 7) is 4.35. The van der Waals surface area contributed by atoms with Crippen LogP contribution in [0.5, 0.6) is 0 Å². The van der Waals surface area contributed by atoms with Crippen molar-refractivity contribution in [3.05, 3.63) is 65.5 Å². The summed E-state index contributed by atoms with van der Waals surface area (Å²) in [7, 11) is 1.75. The lowest BCUT2D eigenvalue weighted by molar-refractivity contribution is -0.129. The van der Waals surface area contributed by atoms with Gasteiger partial charge in [0.25, 0.3) is 0 Å². The molecule has 0 heterocycles. The van der Waals surface area contributed by atoms with Crippen molar-refractivity contribution in [2.45, 2.75) is 30.5 Å². The lowest BCUT2D eigenvalue weighted by Gasteiger charge is -2.21. The molecule has 0 aliphatic heterocycles. The number of rotatable bonds is 5. The van der Waals surface area contributed by atoms with Crippen molar-refractivity contribution in [1.82, 2.24) is 4.90 Å². The summed E-state index contributed by atoms with van der Waals surface area (Å²) in [6.07, 6.45) is 0. The zero-order valence-electron chi connectivity index (χ0n) is 13.0. The van der Waals surface area contributed by atoms with Crippen LogP contribution in [-0.2, 0) is 11.3 Å². The van der Waals surface area contributed by atoms with Gasteiger partial charge in [-0.15, -0.1) is 11.8 Å². The van der Waals surface area contributed by atoms with Crippen LogP contribution >= 0.6 is 11.8 Å². The monoisotopic (exact) mass is 317 g/mol. The molecule has 1 atom stereocenters. The number of amides is 1. The number of carbonyl (C=O) groups is 1. The topological polar surface area (TPSA) is 20.3 Å². The highest BCUT2D eigenvalue weighted by atomic mass is 32.2. The number of nitrogens with zero attached hydrogens (tertiary/aromatic N) is 1. The molecule has 0 spiro atoms. The third-order valence-electron chi connectivity index (χ3n) is 3.43. The van der Waals surface area contributed by atoms with E-state index in [4.69, 9.17) is 0 Å². The Morgan fingerprint density at radius 2 is 1.95 bits per heavy atom. The fraction of sp³-hybridized carbons (Fsp3) is 0.278. The molecule has 2 nitrogen and oxygen atoms in total. The van der Waals surface area contributed by atoms with Gasteiger partial charge in [-0.3, -0.25) is 4.79 Å². The van der Waals surface area contributed by atoms with Gasteiger partial charge < -0.3 is 4.90 Å². The molecule has 116 valence electrons. The quantitative estimate of drug-likeness (QED) is 0.767. The normalized spacial score (nSPS) is 12.0. The van der Waals surface area contributed by atoms with Crippen molar-refractivity contribution in [1.29, 1.82) is 0 Å². The highest BCUT2D eigenvalue weighted by molar-refractivity contribution is 8.00. The van der Waals surface area contributed by atoms with E-state index in [1.165, 1.54) is 17.7 Å². The molecule has 2 aromatic rings. The second-order valence-corrected chi connectivity index (χ2v) is 6.73. The van der Waals surface area contributed by atoms with E-state index in [0.717, 1.165) is 10.5 Å². The van der Waals surface area contributed by atoms with E-state index in [0.29, 0.717) is 6.54 Å². The lowest BCUT2D eigenvalue weighted by Crippen LogP contribution is -2.32. The van der Waals surface area contributed by atoms with Crippen LogP contribution in [0, 0.1) is 12.7 Å². The number of benzene rings is 2. The van der Waals surface area contributed by atoms with Crippen molar-refractivity contribution in [2.24, 2.45) is 0 Å². The van der Waals surface area contributed by atoms with E-state index < -0.39 is 0 Å². The van der Waals surface area contributed by atoms with Gasteiger partial charge >= 0.3 is 0 Å². The SMILES string of the molecule is Cc1ccccc1SC(C)C(=O)N(C)Cc1cccc(F)c1. The highest BCUT2D eigenvalue weighted by Crippen LogP contribution is 2.27. The first-order chi connectivity index (χ1) is 10.5. The van der Waals surface area contributed by atoms with Crippen molar-refractivity contribution >= 4 is 17.7 Å². The average molecular weight is 317 g/mol. The predicted molar refractivity (Wildman–Crippen MR) is 89.4 cm³/mol. The second-order valence-electron chi connectivity index (χ2n) is 5.35. The number of hydrogen-bond donors (Lipinski definition) is 0. The molecule has 0 saturated heterocycles. The van der Waals surface area contributed by atoms with Gasteiger partial charge in [-0.2, -0.15) is 0 Å². The molecule has 0 aliphatic rings. The minimum absolute atomic E-state index is 0.0394. The maximum Gasteiger partial charge on any atom is 0.235 e. The van der Waals surface area contributed by atoms with Gasteiger partial charge in [0, 0.05) is 18.5 Å². The summed E-state index contributed by atoms with van der Waals surface area (Å²) >= 11 is 1.56. The second kappa shape index (κ2) is 7.45. The summed E-state index contributed by atoms with van der Waals surface area (Å²) in [5.41, 5.74) is 1.96. The summed E-state index contributed by atoms with van der Waals surface area (Å²) in [5.74, 6) is -0.238. The first kappa shape index (κ1) is 16.6. The maximum absolute atomic E-state index is 13.2. The number of hydrogen-bond acceptors (Lipinski definition) is 2. The van der Waals surface area contributed by atoms with E-state index in [9.17, 15) is 9.18 Å². The molecule has 1 amide bonds. The van der Waals surface area contributed by atoms with Crippen molar-refractivity contribution in [3.8, 4) is 0 Å². The zero-order chi connectivity index (χ0) is 16.1. The molecule has 2 aromatic carbocycles. The summed E-state index contributed by atoms with van der Waals surface area (Å²) in [4.78, 5) is 15.2. The van der Waals surface area contributed by atoms with Crippen LogP contribution in [0.2, 0.25) is 0 Å². The van der Waals surface area contributed by atoms with Crippen molar-refractivity contribution in [2.75, 3.05) is 7.05 Å². The molecular formula is C18H20FNOS. The minimum atomic E-state index is -0.277.